The van der Waals surface area contributed by atoms with E-state index in [-0.39, 0.29) is 6.04 Å². The average molecular weight is 113 g/mol. The highest BCUT2D eigenvalue weighted by atomic mass is 16.1. The number of hydrogen-bond donors (Lipinski definition) is 1. The summed E-state index contributed by atoms with van der Waals surface area (Å²) in [6.07, 6.45) is 2.89. The van der Waals surface area contributed by atoms with Gasteiger partial charge in [0, 0.05) is 6.42 Å². The molecule has 46 valence electrons. The fourth-order valence-electron chi connectivity index (χ4n) is 1.12. The minimum Gasteiger partial charge on any atom is -0.311 e. The van der Waals surface area contributed by atoms with Gasteiger partial charge >= 0.3 is 0 Å². The van der Waals surface area contributed by atoms with Gasteiger partial charge < -0.3 is 5.32 Å². The van der Waals surface area contributed by atoms with Gasteiger partial charge in [0.2, 0.25) is 0 Å². The summed E-state index contributed by atoms with van der Waals surface area (Å²) in [6, 6.07) is 0.176. The van der Waals surface area contributed by atoms with Crippen LogP contribution in [0.1, 0.15) is 19.3 Å². The molecule has 0 saturated heterocycles. The Bertz CT molecular complexity index is 101. The molecule has 0 aromatic carbocycles. The monoisotopic (exact) mass is 113 g/mol. The van der Waals surface area contributed by atoms with E-state index in [0.717, 1.165) is 19.3 Å². The Hall–Kier alpha value is -0.370. The van der Waals surface area contributed by atoms with Gasteiger partial charge in [-0.25, -0.2) is 0 Å². The van der Waals surface area contributed by atoms with Gasteiger partial charge in [0.25, 0.3) is 0 Å². The van der Waals surface area contributed by atoms with Gasteiger partial charge in [-0.3, -0.25) is 4.79 Å². The van der Waals surface area contributed by atoms with Crippen molar-refractivity contribution in [2.45, 2.75) is 25.3 Å². The number of likely N-dealkylation sites (N-methyl/N-ethyl adjacent to an activating group) is 1. The zero-order valence-corrected chi connectivity index (χ0v) is 5.11. The van der Waals surface area contributed by atoms with Gasteiger partial charge in [-0.2, -0.15) is 0 Å². The summed E-state index contributed by atoms with van der Waals surface area (Å²) in [7, 11) is 1.84. The molecule has 2 heteroatoms. The quantitative estimate of drug-likeness (QED) is 0.531. The largest absolute Gasteiger partial charge is 0.311 e. The predicted molar refractivity (Wildman–Crippen MR) is 31.7 cm³/mol. The fraction of sp³-hybridized carbons (Fsp3) is 0.833. The van der Waals surface area contributed by atoms with E-state index >= 15 is 0 Å². The fourth-order valence-corrected chi connectivity index (χ4v) is 1.12. The first-order valence-corrected chi connectivity index (χ1v) is 3.04. The second-order valence-corrected chi connectivity index (χ2v) is 2.20. The molecule has 1 aliphatic carbocycles. The third kappa shape index (κ3) is 0.892. The number of rotatable bonds is 1. The minimum absolute atomic E-state index is 0.176. The summed E-state index contributed by atoms with van der Waals surface area (Å²) in [5, 5.41) is 2.96. The molecular formula is C6H11NO. The Morgan fingerprint density at radius 3 is 2.75 bits per heavy atom. The molecule has 1 saturated carbocycles. The molecule has 8 heavy (non-hydrogen) atoms. The van der Waals surface area contributed by atoms with Crippen molar-refractivity contribution >= 4 is 5.78 Å². The maximum absolute atomic E-state index is 10.7. The van der Waals surface area contributed by atoms with Crippen LogP contribution in [0.3, 0.4) is 0 Å². The van der Waals surface area contributed by atoms with Crippen LogP contribution >= 0.6 is 0 Å². The lowest BCUT2D eigenvalue weighted by Gasteiger charge is -2.02. The predicted octanol–water partition coefficient (Wildman–Crippen LogP) is 0.327. The third-order valence-corrected chi connectivity index (χ3v) is 1.65. The molecule has 0 spiro atoms. The van der Waals surface area contributed by atoms with E-state index in [9.17, 15) is 4.79 Å². The Morgan fingerprint density at radius 2 is 2.50 bits per heavy atom. The molecule has 0 heterocycles. The van der Waals surface area contributed by atoms with Gasteiger partial charge in [0.1, 0.15) is 5.78 Å². The van der Waals surface area contributed by atoms with Crippen molar-refractivity contribution in [3.05, 3.63) is 0 Å². The molecule has 0 unspecified atom stereocenters. The molecule has 1 fully saturated rings. The van der Waals surface area contributed by atoms with Crippen LogP contribution in [0.15, 0.2) is 0 Å². The highest BCUT2D eigenvalue weighted by molar-refractivity contribution is 5.85. The lowest BCUT2D eigenvalue weighted by Crippen LogP contribution is -2.28. The summed E-state index contributed by atoms with van der Waals surface area (Å²) in [6.45, 7) is 0. The lowest BCUT2D eigenvalue weighted by molar-refractivity contribution is -0.118. The lowest BCUT2D eigenvalue weighted by atomic mass is 10.2. The summed E-state index contributed by atoms with van der Waals surface area (Å²) >= 11 is 0. The highest BCUT2D eigenvalue weighted by Gasteiger charge is 2.21. The molecule has 2 nitrogen and oxygen atoms in total. The Labute approximate surface area is 49.3 Å². The van der Waals surface area contributed by atoms with E-state index in [4.69, 9.17) is 0 Å². The molecule has 0 aromatic heterocycles. The zero-order valence-electron chi connectivity index (χ0n) is 5.11. The van der Waals surface area contributed by atoms with Crippen LogP contribution in [0, 0.1) is 0 Å². The van der Waals surface area contributed by atoms with Gasteiger partial charge in [-0.05, 0) is 19.9 Å². The van der Waals surface area contributed by atoms with Gasteiger partial charge in [0.15, 0.2) is 0 Å². The van der Waals surface area contributed by atoms with E-state index in [1.54, 1.807) is 0 Å². The summed E-state index contributed by atoms with van der Waals surface area (Å²) < 4.78 is 0. The van der Waals surface area contributed by atoms with Crippen molar-refractivity contribution in [2.24, 2.45) is 0 Å². The van der Waals surface area contributed by atoms with Crippen molar-refractivity contribution in [2.75, 3.05) is 7.05 Å². The van der Waals surface area contributed by atoms with Gasteiger partial charge in [-0.15, -0.1) is 0 Å². The molecule has 1 N–H and O–H groups in total. The molecule has 1 rings (SSSR count). The van der Waals surface area contributed by atoms with E-state index < -0.39 is 0 Å². The van der Waals surface area contributed by atoms with Crippen LogP contribution in [0.25, 0.3) is 0 Å². The number of hydrogen-bond acceptors (Lipinski definition) is 2. The molecule has 0 radical (unpaired) electrons. The Balaban J connectivity index is 2.42. The van der Waals surface area contributed by atoms with Crippen molar-refractivity contribution in [3.63, 3.8) is 0 Å². The first-order chi connectivity index (χ1) is 3.84. The van der Waals surface area contributed by atoms with Crippen LogP contribution < -0.4 is 5.32 Å². The van der Waals surface area contributed by atoms with E-state index in [2.05, 4.69) is 5.32 Å². The second-order valence-electron chi connectivity index (χ2n) is 2.20. The molecule has 0 bridgehead atoms. The van der Waals surface area contributed by atoms with E-state index in [1.165, 1.54) is 0 Å². The number of Topliss-reactive ketones (excluding diaryl/α,β-unsaturated/α-hetero) is 1. The standard InChI is InChI=1S/C6H11NO/c1-7-5-3-2-4-6(5)8/h5,7H,2-4H2,1H3/t5-/m1/s1. The zero-order chi connectivity index (χ0) is 5.98. The Kier molecular flexibility index (Phi) is 1.63. The van der Waals surface area contributed by atoms with Crippen LogP contribution in [0.2, 0.25) is 0 Å². The third-order valence-electron chi connectivity index (χ3n) is 1.65. The summed E-state index contributed by atoms with van der Waals surface area (Å²) in [4.78, 5) is 10.7. The molecule has 0 aromatic rings. The molecule has 1 atom stereocenters. The number of ketones is 1. The summed E-state index contributed by atoms with van der Waals surface area (Å²) in [5.41, 5.74) is 0. The smallest absolute Gasteiger partial charge is 0.149 e. The molecular weight excluding hydrogens is 102 g/mol. The van der Waals surface area contributed by atoms with Gasteiger partial charge in [-0.1, -0.05) is 0 Å². The topological polar surface area (TPSA) is 29.1 Å². The maximum atomic E-state index is 10.7. The normalized spacial score (nSPS) is 29.1. The highest BCUT2D eigenvalue weighted by Crippen LogP contribution is 2.12. The van der Waals surface area contributed by atoms with Crippen molar-refractivity contribution in [1.29, 1.82) is 0 Å². The van der Waals surface area contributed by atoms with Crippen LogP contribution in [0.5, 0.6) is 0 Å². The van der Waals surface area contributed by atoms with Crippen molar-refractivity contribution in [1.82, 2.24) is 5.32 Å². The first-order valence-electron chi connectivity index (χ1n) is 3.04. The van der Waals surface area contributed by atoms with Crippen molar-refractivity contribution in [3.8, 4) is 0 Å². The van der Waals surface area contributed by atoms with Crippen molar-refractivity contribution < 1.29 is 4.79 Å². The SMILES string of the molecule is CN[C@@H]1CCCC1=O. The van der Waals surface area contributed by atoms with Crippen LogP contribution in [0.4, 0.5) is 0 Å². The summed E-state index contributed by atoms with van der Waals surface area (Å²) in [5.74, 6) is 0.382. The number of nitrogens with one attached hydrogen (secondary N) is 1. The molecule has 1 aliphatic rings. The van der Waals surface area contributed by atoms with Gasteiger partial charge in [0.05, 0.1) is 6.04 Å². The second kappa shape index (κ2) is 2.27. The first kappa shape index (κ1) is 5.76. The van der Waals surface area contributed by atoms with E-state index in [0.29, 0.717) is 5.78 Å². The van der Waals surface area contributed by atoms with E-state index in [1.807, 2.05) is 7.05 Å². The average Bonchev–Trinajstić information content (AvgIpc) is 2.14. The Morgan fingerprint density at radius 1 is 1.75 bits per heavy atom. The molecule has 0 amide bonds. The maximum Gasteiger partial charge on any atom is 0.149 e. The molecule has 0 aliphatic heterocycles. The minimum atomic E-state index is 0.176. The van der Waals surface area contributed by atoms with Crippen LogP contribution in [-0.2, 0) is 4.79 Å². The number of carbonyl (C=O) groups is 1. The van der Waals surface area contributed by atoms with Crippen LogP contribution in [-0.4, -0.2) is 18.9 Å². The number of carbonyl (C=O) groups excluding carboxylic acids is 1.